The summed E-state index contributed by atoms with van der Waals surface area (Å²) in [4.78, 5) is 0. The zero-order valence-corrected chi connectivity index (χ0v) is 9.94. The third-order valence-electron chi connectivity index (χ3n) is 2.47. The summed E-state index contributed by atoms with van der Waals surface area (Å²) < 4.78 is 6.90. The molecule has 5 nitrogen and oxygen atoms in total. The van der Waals surface area contributed by atoms with Gasteiger partial charge in [-0.3, -0.25) is 0 Å². The molecule has 0 saturated heterocycles. The highest BCUT2D eigenvalue weighted by Gasteiger charge is 2.09. The van der Waals surface area contributed by atoms with Crippen molar-refractivity contribution >= 4 is 0 Å². The van der Waals surface area contributed by atoms with Crippen LogP contribution in [0.1, 0.15) is 31.2 Å². The molecule has 88 valence electrons. The van der Waals surface area contributed by atoms with Gasteiger partial charge in [-0.05, 0) is 19.3 Å². The SMILES string of the molecule is CCc1c(CC#N)nnn1CCCCOC. The number of rotatable bonds is 7. The maximum atomic E-state index is 8.65. The van der Waals surface area contributed by atoms with E-state index in [0.717, 1.165) is 43.8 Å². The summed E-state index contributed by atoms with van der Waals surface area (Å²) in [5.41, 5.74) is 1.90. The lowest BCUT2D eigenvalue weighted by Crippen LogP contribution is -2.06. The van der Waals surface area contributed by atoms with Crippen molar-refractivity contribution in [3.63, 3.8) is 0 Å². The van der Waals surface area contributed by atoms with E-state index in [1.54, 1.807) is 7.11 Å². The first-order valence-corrected chi connectivity index (χ1v) is 5.60. The predicted octanol–water partition coefficient (Wildman–Crippen LogP) is 1.33. The van der Waals surface area contributed by atoms with Crippen molar-refractivity contribution in [3.05, 3.63) is 11.4 Å². The molecular formula is C11H18N4O. The normalized spacial score (nSPS) is 10.3. The van der Waals surface area contributed by atoms with E-state index in [9.17, 15) is 0 Å². The minimum Gasteiger partial charge on any atom is -0.385 e. The van der Waals surface area contributed by atoms with Gasteiger partial charge >= 0.3 is 0 Å². The molecule has 0 atom stereocenters. The number of ether oxygens (including phenoxy) is 1. The quantitative estimate of drug-likeness (QED) is 0.653. The van der Waals surface area contributed by atoms with Crippen molar-refractivity contribution in [2.75, 3.05) is 13.7 Å². The van der Waals surface area contributed by atoms with Crippen molar-refractivity contribution in [1.29, 1.82) is 5.26 Å². The van der Waals surface area contributed by atoms with Crippen LogP contribution in [0.15, 0.2) is 0 Å². The maximum absolute atomic E-state index is 8.65. The molecule has 0 aliphatic rings. The fourth-order valence-electron chi connectivity index (χ4n) is 1.66. The van der Waals surface area contributed by atoms with E-state index in [1.807, 2.05) is 4.68 Å². The molecule has 16 heavy (non-hydrogen) atoms. The van der Waals surface area contributed by atoms with Crippen molar-refractivity contribution in [3.8, 4) is 6.07 Å². The van der Waals surface area contributed by atoms with E-state index in [4.69, 9.17) is 10.00 Å². The van der Waals surface area contributed by atoms with Crippen LogP contribution in [0.3, 0.4) is 0 Å². The first-order valence-electron chi connectivity index (χ1n) is 5.60. The first kappa shape index (κ1) is 12.7. The summed E-state index contributed by atoms with van der Waals surface area (Å²) in [5, 5.41) is 16.8. The molecule has 1 aromatic heterocycles. The van der Waals surface area contributed by atoms with Crippen molar-refractivity contribution in [2.45, 2.75) is 39.2 Å². The highest BCUT2D eigenvalue weighted by Crippen LogP contribution is 2.08. The lowest BCUT2D eigenvalue weighted by molar-refractivity contribution is 0.190. The van der Waals surface area contributed by atoms with Gasteiger partial charge in [-0.15, -0.1) is 5.10 Å². The van der Waals surface area contributed by atoms with Crippen LogP contribution in [0.5, 0.6) is 0 Å². The molecule has 0 N–H and O–H groups in total. The van der Waals surface area contributed by atoms with Gasteiger partial charge in [0.05, 0.1) is 23.9 Å². The van der Waals surface area contributed by atoms with E-state index in [0.29, 0.717) is 6.42 Å². The average molecular weight is 222 g/mol. The Balaban J connectivity index is 2.55. The van der Waals surface area contributed by atoms with Crippen LogP contribution in [0, 0.1) is 11.3 Å². The summed E-state index contributed by atoms with van der Waals surface area (Å²) in [6.07, 6.45) is 3.26. The Morgan fingerprint density at radius 3 is 2.88 bits per heavy atom. The van der Waals surface area contributed by atoms with Crippen LogP contribution in [0.25, 0.3) is 0 Å². The Kier molecular flexibility index (Phi) is 5.51. The molecule has 0 aromatic carbocycles. The van der Waals surface area contributed by atoms with E-state index in [-0.39, 0.29) is 0 Å². The molecule has 0 amide bonds. The van der Waals surface area contributed by atoms with Gasteiger partial charge in [0.1, 0.15) is 0 Å². The topological polar surface area (TPSA) is 63.7 Å². The number of hydrogen-bond donors (Lipinski definition) is 0. The number of aromatic nitrogens is 3. The lowest BCUT2D eigenvalue weighted by Gasteiger charge is -2.04. The standard InChI is InChI=1S/C11H18N4O/c1-3-11-10(6-7-12)13-14-15(11)8-4-5-9-16-2/h3-6,8-9H2,1-2H3. The number of unbranched alkanes of at least 4 members (excludes halogenated alkanes) is 1. The second-order valence-electron chi connectivity index (χ2n) is 3.59. The summed E-state index contributed by atoms with van der Waals surface area (Å²) in [6.45, 7) is 3.69. The van der Waals surface area contributed by atoms with Crippen LogP contribution in [-0.2, 0) is 24.1 Å². The minimum absolute atomic E-state index is 0.348. The van der Waals surface area contributed by atoms with Crippen LogP contribution < -0.4 is 0 Å². The Bertz CT molecular complexity index is 353. The van der Waals surface area contributed by atoms with E-state index >= 15 is 0 Å². The third kappa shape index (κ3) is 3.31. The van der Waals surface area contributed by atoms with E-state index in [2.05, 4.69) is 23.3 Å². The summed E-state index contributed by atoms with van der Waals surface area (Å²) in [5.74, 6) is 0. The molecule has 1 aromatic rings. The van der Waals surface area contributed by atoms with Gasteiger partial charge < -0.3 is 4.74 Å². The Morgan fingerprint density at radius 1 is 1.44 bits per heavy atom. The molecule has 0 aliphatic carbocycles. The second-order valence-corrected chi connectivity index (χ2v) is 3.59. The number of methoxy groups -OCH3 is 1. The van der Waals surface area contributed by atoms with Gasteiger partial charge in [0.25, 0.3) is 0 Å². The van der Waals surface area contributed by atoms with Gasteiger partial charge in [-0.25, -0.2) is 4.68 Å². The fourth-order valence-corrected chi connectivity index (χ4v) is 1.66. The molecule has 5 heteroatoms. The highest BCUT2D eigenvalue weighted by atomic mass is 16.5. The van der Waals surface area contributed by atoms with Crippen molar-refractivity contribution in [2.24, 2.45) is 0 Å². The van der Waals surface area contributed by atoms with Crippen LogP contribution >= 0.6 is 0 Å². The minimum atomic E-state index is 0.348. The van der Waals surface area contributed by atoms with Gasteiger partial charge in [0.15, 0.2) is 0 Å². The third-order valence-corrected chi connectivity index (χ3v) is 2.47. The molecule has 0 radical (unpaired) electrons. The zero-order valence-electron chi connectivity index (χ0n) is 9.94. The molecular weight excluding hydrogens is 204 g/mol. The molecule has 0 unspecified atom stereocenters. The number of hydrogen-bond acceptors (Lipinski definition) is 4. The van der Waals surface area contributed by atoms with E-state index in [1.165, 1.54) is 0 Å². The van der Waals surface area contributed by atoms with E-state index < -0.39 is 0 Å². The lowest BCUT2D eigenvalue weighted by atomic mass is 10.2. The monoisotopic (exact) mass is 222 g/mol. The van der Waals surface area contributed by atoms with Gasteiger partial charge in [-0.1, -0.05) is 12.1 Å². The first-order chi connectivity index (χ1) is 7.83. The Morgan fingerprint density at radius 2 is 2.25 bits per heavy atom. The predicted molar refractivity (Wildman–Crippen MR) is 59.8 cm³/mol. The molecule has 0 aliphatic heterocycles. The zero-order chi connectivity index (χ0) is 11.8. The number of nitriles is 1. The summed E-state index contributed by atoms with van der Waals surface area (Å²) in [6, 6.07) is 2.11. The Hall–Kier alpha value is -1.41. The fraction of sp³-hybridized carbons (Fsp3) is 0.727. The smallest absolute Gasteiger partial charge is 0.0999 e. The Labute approximate surface area is 96.0 Å². The summed E-state index contributed by atoms with van der Waals surface area (Å²) in [7, 11) is 1.71. The largest absolute Gasteiger partial charge is 0.385 e. The second kappa shape index (κ2) is 6.96. The van der Waals surface area contributed by atoms with Crippen molar-refractivity contribution in [1.82, 2.24) is 15.0 Å². The maximum Gasteiger partial charge on any atom is 0.0999 e. The highest BCUT2D eigenvalue weighted by molar-refractivity contribution is 5.13. The van der Waals surface area contributed by atoms with Gasteiger partial charge in [0.2, 0.25) is 0 Å². The number of aryl methyl sites for hydroxylation is 1. The summed E-state index contributed by atoms with van der Waals surface area (Å²) >= 11 is 0. The molecule has 1 heterocycles. The van der Waals surface area contributed by atoms with Crippen LogP contribution in [0.2, 0.25) is 0 Å². The molecule has 0 spiro atoms. The van der Waals surface area contributed by atoms with Crippen LogP contribution in [-0.4, -0.2) is 28.7 Å². The molecule has 0 fully saturated rings. The van der Waals surface area contributed by atoms with Crippen molar-refractivity contribution < 1.29 is 4.74 Å². The molecule has 1 rings (SSSR count). The van der Waals surface area contributed by atoms with Gasteiger partial charge in [-0.2, -0.15) is 5.26 Å². The van der Waals surface area contributed by atoms with Gasteiger partial charge in [0, 0.05) is 20.3 Å². The average Bonchev–Trinajstić information content (AvgIpc) is 2.67. The number of nitrogens with zero attached hydrogens (tertiary/aromatic N) is 4. The molecule has 0 saturated carbocycles. The van der Waals surface area contributed by atoms with Crippen LogP contribution in [0.4, 0.5) is 0 Å². The molecule has 0 bridgehead atoms.